The van der Waals surface area contributed by atoms with Crippen LogP contribution in [-0.2, 0) is 6.42 Å². The van der Waals surface area contributed by atoms with E-state index in [1.807, 2.05) is 19.1 Å². The zero-order valence-electron chi connectivity index (χ0n) is 10.7. The van der Waals surface area contributed by atoms with Crippen molar-refractivity contribution in [3.63, 3.8) is 0 Å². The number of aryl methyl sites for hydroxylation is 2. The van der Waals surface area contributed by atoms with Crippen LogP contribution in [0, 0.1) is 12.7 Å². The van der Waals surface area contributed by atoms with Crippen molar-refractivity contribution >= 4 is 0 Å². The molecule has 1 aromatic heterocycles. The molecule has 1 unspecified atom stereocenters. The van der Waals surface area contributed by atoms with Crippen LogP contribution in [0.2, 0.25) is 0 Å². The van der Waals surface area contributed by atoms with E-state index in [-0.39, 0.29) is 11.9 Å². The normalized spacial score (nSPS) is 12.4. The first-order chi connectivity index (χ1) is 8.63. The molecule has 18 heavy (non-hydrogen) atoms. The van der Waals surface area contributed by atoms with Crippen molar-refractivity contribution in [2.45, 2.75) is 26.3 Å². The fourth-order valence-electron chi connectivity index (χ4n) is 2.12. The van der Waals surface area contributed by atoms with Gasteiger partial charge in [0, 0.05) is 6.20 Å². The molecule has 2 aromatic rings. The standard InChI is InChI=1S/C15H17FN2/c1-3-11-5-4-8-18-15(11)14(17)13-9-12(16)7-6-10(13)2/h4-9,14H,3,17H2,1-2H3. The van der Waals surface area contributed by atoms with Gasteiger partial charge in [0.15, 0.2) is 0 Å². The molecule has 0 amide bonds. The van der Waals surface area contributed by atoms with Gasteiger partial charge in [0.25, 0.3) is 0 Å². The minimum Gasteiger partial charge on any atom is -0.319 e. The Hall–Kier alpha value is -1.74. The maximum Gasteiger partial charge on any atom is 0.123 e. The van der Waals surface area contributed by atoms with Crippen LogP contribution in [-0.4, -0.2) is 4.98 Å². The number of hydrogen-bond acceptors (Lipinski definition) is 2. The van der Waals surface area contributed by atoms with Crippen LogP contribution in [0.5, 0.6) is 0 Å². The summed E-state index contributed by atoms with van der Waals surface area (Å²) in [5, 5.41) is 0. The van der Waals surface area contributed by atoms with Crippen LogP contribution in [0.4, 0.5) is 4.39 Å². The molecule has 0 bridgehead atoms. The summed E-state index contributed by atoms with van der Waals surface area (Å²) >= 11 is 0. The van der Waals surface area contributed by atoms with E-state index in [1.165, 1.54) is 12.1 Å². The predicted octanol–water partition coefficient (Wildman–Crippen LogP) is 3.14. The van der Waals surface area contributed by atoms with Gasteiger partial charge in [0.1, 0.15) is 5.82 Å². The second-order valence-electron chi connectivity index (χ2n) is 4.38. The maximum atomic E-state index is 13.3. The minimum atomic E-state index is -0.378. The maximum absolute atomic E-state index is 13.3. The SMILES string of the molecule is CCc1cccnc1C(N)c1cc(F)ccc1C. The highest BCUT2D eigenvalue weighted by Crippen LogP contribution is 2.24. The van der Waals surface area contributed by atoms with Gasteiger partial charge in [0.2, 0.25) is 0 Å². The summed E-state index contributed by atoms with van der Waals surface area (Å²) in [6.45, 7) is 3.99. The van der Waals surface area contributed by atoms with Crippen LogP contribution in [0.1, 0.15) is 35.3 Å². The fraction of sp³-hybridized carbons (Fsp3) is 0.267. The van der Waals surface area contributed by atoms with Gasteiger partial charge in [-0.15, -0.1) is 0 Å². The predicted molar refractivity (Wildman–Crippen MR) is 70.8 cm³/mol. The van der Waals surface area contributed by atoms with E-state index < -0.39 is 0 Å². The number of hydrogen-bond donors (Lipinski definition) is 1. The first-order valence-electron chi connectivity index (χ1n) is 6.09. The van der Waals surface area contributed by atoms with Gasteiger partial charge in [-0.25, -0.2) is 4.39 Å². The Morgan fingerprint density at radius 1 is 1.33 bits per heavy atom. The lowest BCUT2D eigenvalue weighted by atomic mass is 9.95. The summed E-state index contributed by atoms with van der Waals surface area (Å²) in [7, 11) is 0. The average Bonchev–Trinajstić information content (AvgIpc) is 2.40. The Morgan fingerprint density at radius 3 is 2.83 bits per heavy atom. The third-order valence-electron chi connectivity index (χ3n) is 3.18. The molecule has 1 heterocycles. The minimum absolute atomic E-state index is 0.264. The van der Waals surface area contributed by atoms with E-state index in [2.05, 4.69) is 11.9 Å². The van der Waals surface area contributed by atoms with Gasteiger partial charge in [-0.05, 0) is 48.2 Å². The number of halogens is 1. The first kappa shape index (κ1) is 12.7. The Kier molecular flexibility index (Phi) is 3.72. The average molecular weight is 244 g/mol. The molecule has 2 rings (SSSR count). The molecule has 0 spiro atoms. The van der Waals surface area contributed by atoms with Gasteiger partial charge in [-0.3, -0.25) is 4.98 Å². The number of pyridine rings is 1. The number of aromatic nitrogens is 1. The van der Waals surface area contributed by atoms with Gasteiger partial charge in [0.05, 0.1) is 11.7 Å². The monoisotopic (exact) mass is 244 g/mol. The van der Waals surface area contributed by atoms with Crippen molar-refractivity contribution in [3.8, 4) is 0 Å². The number of benzene rings is 1. The van der Waals surface area contributed by atoms with Crippen LogP contribution in [0.25, 0.3) is 0 Å². The van der Waals surface area contributed by atoms with Crippen LogP contribution in [0.15, 0.2) is 36.5 Å². The second kappa shape index (κ2) is 5.27. The van der Waals surface area contributed by atoms with Crippen LogP contribution < -0.4 is 5.73 Å². The van der Waals surface area contributed by atoms with E-state index in [0.717, 1.165) is 28.8 Å². The third kappa shape index (κ3) is 2.41. The van der Waals surface area contributed by atoms with Gasteiger partial charge >= 0.3 is 0 Å². The van der Waals surface area contributed by atoms with E-state index in [9.17, 15) is 4.39 Å². The topological polar surface area (TPSA) is 38.9 Å². The molecular formula is C15H17FN2. The Labute approximate surface area is 107 Å². The molecule has 0 radical (unpaired) electrons. The summed E-state index contributed by atoms with van der Waals surface area (Å²) in [5.74, 6) is -0.264. The summed E-state index contributed by atoms with van der Waals surface area (Å²) in [6.07, 6.45) is 2.59. The summed E-state index contributed by atoms with van der Waals surface area (Å²) in [4.78, 5) is 4.35. The molecule has 2 N–H and O–H groups in total. The van der Waals surface area contributed by atoms with Crippen molar-refractivity contribution in [2.24, 2.45) is 5.73 Å². The molecule has 0 fully saturated rings. The lowest BCUT2D eigenvalue weighted by Crippen LogP contribution is -2.17. The van der Waals surface area contributed by atoms with Gasteiger partial charge in [-0.2, -0.15) is 0 Å². The van der Waals surface area contributed by atoms with Crippen LogP contribution >= 0.6 is 0 Å². The smallest absolute Gasteiger partial charge is 0.123 e. The van der Waals surface area contributed by atoms with Crippen molar-refractivity contribution in [3.05, 3.63) is 64.7 Å². The highest BCUT2D eigenvalue weighted by molar-refractivity contribution is 5.37. The lowest BCUT2D eigenvalue weighted by molar-refractivity contribution is 0.622. The second-order valence-corrected chi connectivity index (χ2v) is 4.38. The molecular weight excluding hydrogens is 227 g/mol. The van der Waals surface area contributed by atoms with E-state index in [0.29, 0.717) is 0 Å². The Balaban J connectivity index is 2.47. The molecule has 0 saturated heterocycles. The molecule has 0 saturated carbocycles. The van der Waals surface area contributed by atoms with Crippen molar-refractivity contribution in [2.75, 3.05) is 0 Å². The Bertz CT molecular complexity index is 552. The molecule has 0 aliphatic heterocycles. The number of rotatable bonds is 3. The molecule has 3 heteroatoms. The highest BCUT2D eigenvalue weighted by Gasteiger charge is 2.16. The quantitative estimate of drug-likeness (QED) is 0.900. The van der Waals surface area contributed by atoms with E-state index in [4.69, 9.17) is 5.73 Å². The van der Waals surface area contributed by atoms with Crippen molar-refractivity contribution in [1.82, 2.24) is 4.98 Å². The molecule has 94 valence electrons. The van der Waals surface area contributed by atoms with Gasteiger partial charge < -0.3 is 5.73 Å². The molecule has 0 aliphatic rings. The molecule has 1 aromatic carbocycles. The molecule has 2 nitrogen and oxygen atoms in total. The number of nitrogens with two attached hydrogens (primary N) is 1. The highest BCUT2D eigenvalue weighted by atomic mass is 19.1. The fourth-order valence-corrected chi connectivity index (χ4v) is 2.12. The van der Waals surface area contributed by atoms with Gasteiger partial charge in [-0.1, -0.05) is 19.1 Å². The summed E-state index contributed by atoms with van der Waals surface area (Å²) < 4.78 is 13.3. The Morgan fingerprint density at radius 2 is 2.11 bits per heavy atom. The van der Waals surface area contributed by atoms with E-state index >= 15 is 0 Å². The van der Waals surface area contributed by atoms with Crippen molar-refractivity contribution < 1.29 is 4.39 Å². The first-order valence-corrected chi connectivity index (χ1v) is 6.09. The molecule has 1 atom stereocenters. The zero-order chi connectivity index (χ0) is 13.1. The summed E-state index contributed by atoms with van der Waals surface area (Å²) in [6, 6.07) is 8.22. The van der Waals surface area contributed by atoms with E-state index in [1.54, 1.807) is 12.3 Å². The number of nitrogens with zero attached hydrogens (tertiary/aromatic N) is 1. The molecule has 0 aliphatic carbocycles. The van der Waals surface area contributed by atoms with Crippen molar-refractivity contribution in [1.29, 1.82) is 0 Å². The van der Waals surface area contributed by atoms with Crippen LogP contribution in [0.3, 0.4) is 0 Å². The lowest BCUT2D eigenvalue weighted by Gasteiger charge is -2.17. The largest absolute Gasteiger partial charge is 0.319 e. The summed E-state index contributed by atoms with van der Waals surface area (Å²) in [5.41, 5.74) is 9.94. The zero-order valence-corrected chi connectivity index (χ0v) is 10.7. The third-order valence-corrected chi connectivity index (χ3v) is 3.18.